The summed E-state index contributed by atoms with van der Waals surface area (Å²) in [5.74, 6) is -4.56. The molecule has 2 aromatic rings. The second-order valence-electron chi connectivity index (χ2n) is 9.84. The van der Waals surface area contributed by atoms with Gasteiger partial charge in [0, 0.05) is 18.5 Å². The average molecular weight is 634 g/mol. The Hall–Kier alpha value is -4.77. The second-order valence-corrected chi connectivity index (χ2v) is 9.97. The Morgan fingerprint density at radius 2 is 1.84 bits per heavy atom. The molecule has 3 N–H and O–H groups in total. The predicted octanol–water partition coefficient (Wildman–Crippen LogP) is -0.218. The van der Waals surface area contributed by atoms with Gasteiger partial charge in [0.15, 0.2) is 12.4 Å². The van der Waals surface area contributed by atoms with Gasteiger partial charge < -0.3 is 25.0 Å². The van der Waals surface area contributed by atoms with E-state index in [9.17, 15) is 33.9 Å². The fourth-order valence-corrected chi connectivity index (χ4v) is 4.94. The Morgan fingerprint density at radius 3 is 2.48 bits per heavy atom. The lowest BCUT2D eigenvalue weighted by atomic mass is 10.0. The summed E-state index contributed by atoms with van der Waals surface area (Å²) < 4.78 is 26.9. The number of likely N-dealkylation sites (N-methyl/N-ethyl adjacent to an activating group) is 1. The van der Waals surface area contributed by atoms with Crippen LogP contribution < -0.4 is 10.6 Å². The molecule has 236 valence electrons. The number of aromatic nitrogens is 1. The lowest BCUT2D eigenvalue weighted by molar-refractivity contribution is -0.176. The van der Waals surface area contributed by atoms with E-state index in [2.05, 4.69) is 15.8 Å². The number of fused-ring (bicyclic) bond motifs is 1. The number of carbonyl (C=O) groups is 6. The van der Waals surface area contributed by atoms with Crippen LogP contribution in [0.2, 0.25) is 0 Å². The number of Topliss-reactive ketones (excluding diaryl/α,β-unsaturated/α-hetero) is 1. The summed E-state index contributed by atoms with van der Waals surface area (Å²) in [7, 11) is 1.58. The monoisotopic (exact) mass is 633 g/mol. The van der Waals surface area contributed by atoms with Gasteiger partial charge in [0.25, 0.3) is 5.91 Å². The fourth-order valence-electron chi connectivity index (χ4n) is 4.94. The summed E-state index contributed by atoms with van der Waals surface area (Å²) in [4.78, 5) is 76.6. The molecule has 3 atom stereocenters. The van der Waals surface area contributed by atoms with Gasteiger partial charge in [-0.2, -0.15) is 8.42 Å². The molecule has 3 amide bonds. The average Bonchev–Trinajstić information content (AvgIpc) is 3.35. The minimum absolute atomic E-state index is 0.00791. The Labute approximate surface area is 254 Å². The lowest BCUT2D eigenvalue weighted by Crippen LogP contribution is -2.64. The molecule has 2 saturated heterocycles. The molecule has 1 aromatic heterocycles. The van der Waals surface area contributed by atoms with Crippen molar-refractivity contribution in [2.24, 2.45) is 0 Å². The Kier molecular flexibility index (Phi) is 12.0. The first-order valence-electron chi connectivity index (χ1n) is 13.5. The van der Waals surface area contributed by atoms with Crippen molar-refractivity contribution in [3.05, 3.63) is 41.7 Å². The number of rotatable bonds is 10. The van der Waals surface area contributed by atoms with Gasteiger partial charge in [0.05, 0.1) is 12.5 Å². The van der Waals surface area contributed by atoms with E-state index in [-0.39, 0.29) is 48.7 Å². The molecule has 2 fully saturated rings. The zero-order valence-corrected chi connectivity index (χ0v) is 24.7. The number of nitrogens with one attached hydrogen (secondary N) is 2. The summed E-state index contributed by atoms with van der Waals surface area (Å²) >= 11 is -0.750. The van der Waals surface area contributed by atoms with Crippen molar-refractivity contribution in [2.75, 3.05) is 20.2 Å². The number of hydrazine groups is 1. The van der Waals surface area contributed by atoms with E-state index in [1.54, 1.807) is 37.4 Å². The van der Waals surface area contributed by atoms with Gasteiger partial charge in [-0.3, -0.25) is 29.0 Å². The number of carboxylic acid groups (broad SMARTS) is 1. The molecule has 1 aromatic carbocycles. The second kappa shape index (κ2) is 15.6. The number of esters is 1. The number of carboxylic acids is 1. The van der Waals surface area contributed by atoms with E-state index in [1.807, 2.05) is 0 Å². The van der Waals surface area contributed by atoms with E-state index >= 15 is 0 Å². The van der Waals surface area contributed by atoms with Crippen LogP contribution >= 0.6 is 0 Å². The molecule has 0 bridgehead atoms. The molecule has 44 heavy (non-hydrogen) atoms. The quantitative estimate of drug-likeness (QED) is 0.288. The van der Waals surface area contributed by atoms with Crippen LogP contribution in [0.3, 0.4) is 0 Å². The van der Waals surface area contributed by atoms with Crippen molar-refractivity contribution in [3.8, 4) is 11.3 Å². The normalized spacial score (nSPS) is 18.6. The van der Waals surface area contributed by atoms with Gasteiger partial charge in [-0.05, 0) is 33.2 Å². The number of benzene rings is 1. The Morgan fingerprint density at radius 1 is 1.16 bits per heavy atom. The number of amides is 3. The zero-order valence-electron chi connectivity index (χ0n) is 23.8. The summed E-state index contributed by atoms with van der Waals surface area (Å²) in [5, 5.41) is 20.9. The van der Waals surface area contributed by atoms with Crippen LogP contribution in [-0.4, -0.2) is 102 Å². The van der Waals surface area contributed by atoms with E-state index in [1.165, 1.54) is 11.9 Å². The fraction of sp³-hybridized carbons (Fsp3) is 0.444. The van der Waals surface area contributed by atoms with Crippen LogP contribution in [0, 0.1) is 6.92 Å². The van der Waals surface area contributed by atoms with Gasteiger partial charge in [0.1, 0.15) is 29.1 Å². The highest BCUT2D eigenvalue weighted by Crippen LogP contribution is 2.27. The number of nitrogens with zero attached hydrogens (tertiary/aromatic N) is 3. The topological polar surface area (TPSA) is 223 Å². The number of hydrogen-bond donors (Lipinski definition) is 3. The highest BCUT2D eigenvalue weighted by molar-refractivity contribution is 7.51. The maximum absolute atomic E-state index is 13.3. The van der Waals surface area contributed by atoms with Gasteiger partial charge in [-0.1, -0.05) is 35.5 Å². The third-order valence-electron chi connectivity index (χ3n) is 7.06. The first kappa shape index (κ1) is 33.7. The van der Waals surface area contributed by atoms with Crippen molar-refractivity contribution >= 4 is 47.0 Å². The molecular weight excluding hydrogens is 602 g/mol. The standard InChI is InChI=1S/C27H31N5O9.O2S/c1-15-23(24(30-41-15)16-7-4-3-5-8-16)27(39)40-14-20(33)18(13-22(35)36)29-25(37)19-9-6-12-31-21(34)11-10-17(28-2)26(38)32(19)31;1-3-2/h3-5,7-8,17-19,28H,6,9-14H2,1-2H3,(H,29,37)(H,35,36);/t17-,18-,19-;/m0./s1. The highest BCUT2D eigenvalue weighted by Gasteiger charge is 2.44. The van der Waals surface area contributed by atoms with Gasteiger partial charge in [-0.25, -0.2) is 9.80 Å². The number of carbonyl (C=O) groups excluding carboxylic acids is 5. The van der Waals surface area contributed by atoms with Crippen LogP contribution in [0.15, 0.2) is 34.9 Å². The molecule has 0 saturated carbocycles. The van der Waals surface area contributed by atoms with Crippen molar-refractivity contribution < 1.29 is 51.6 Å². The largest absolute Gasteiger partial charge is 0.481 e. The summed E-state index contributed by atoms with van der Waals surface area (Å²) in [6, 6.07) is 5.33. The number of ether oxygens (including phenoxy) is 1. The number of hydrogen-bond acceptors (Lipinski definition) is 12. The zero-order chi connectivity index (χ0) is 32.4. The van der Waals surface area contributed by atoms with Gasteiger partial charge in [0.2, 0.25) is 11.8 Å². The molecule has 2 aliphatic rings. The molecule has 17 heteroatoms. The van der Waals surface area contributed by atoms with Crippen LogP contribution in [-0.2, 0) is 40.3 Å². The van der Waals surface area contributed by atoms with E-state index in [0.29, 0.717) is 12.0 Å². The van der Waals surface area contributed by atoms with Gasteiger partial charge in [-0.15, -0.1) is 0 Å². The third kappa shape index (κ3) is 7.99. The third-order valence-corrected chi connectivity index (χ3v) is 7.06. The summed E-state index contributed by atoms with van der Waals surface area (Å²) in [6.07, 6.45) is 0.223. The smallest absolute Gasteiger partial charge is 0.344 e. The number of ketones is 1. The lowest BCUT2D eigenvalue weighted by Gasteiger charge is -2.43. The molecule has 0 radical (unpaired) electrons. The first-order chi connectivity index (χ1) is 21.0. The van der Waals surface area contributed by atoms with Crippen molar-refractivity contribution in [2.45, 2.75) is 57.2 Å². The van der Waals surface area contributed by atoms with E-state index in [4.69, 9.17) is 17.7 Å². The minimum Gasteiger partial charge on any atom is -0.481 e. The van der Waals surface area contributed by atoms with Crippen molar-refractivity contribution in [3.63, 3.8) is 0 Å². The molecule has 2 aliphatic heterocycles. The van der Waals surface area contributed by atoms with E-state index < -0.39 is 72.3 Å². The summed E-state index contributed by atoms with van der Waals surface area (Å²) in [6.45, 7) is 0.924. The van der Waals surface area contributed by atoms with E-state index in [0.717, 1.165) is 5.01 Å². The first-order valence-corrected chi connectivity index (χ1v) is 14.2. The van der Waals surface area contributed by atoms with Crippen LogP contribution in [0.5, 0.6) is 0 Å². The SMILES string of the molecule is CN[C@H]1CCC(=O)N2CCC[C@@H](C(=O)N[C@@H](CC(=O)O)C(=O)COC(=O)c3c(-c4ccccc4)noc3C)N2C1=O.O=S=O. The minimum atomic E-state index is -1.56. The van der Waals surface area contributed by atoms with Crippen LogP contribution in [0.1, 0.15) is 48.2 Å². The van der Waals surface area contributed by atoms with Crippen LogP contribution in [0.4, 0.5) is 0 Å². The number of aryl methyl sites for hydroxylation is 1. The van der Waals surface area contributed by atoms with Crippen molar-refractivity contribution in [1.29, 1.82) is 0 Å². The molecule has 16 nitrogen and oxygen atoms in total. The molecule has 0 unspecified atom stereocenters. The number of aliphatic carboxylic acids is 1. The Bertz CT molecular complexity index is 1440. The summed E-state index contributed by atoms with van der Waals surface area (Å²) in [5.41, 5.74) is 0.810. The highest BCUT2D eigenvalue weighted by atomic mass is 32.1. The predicted molar refractivity (Wildman–Crippen MR) is 149 cm³/mol. The molecular formula is C27H31N5O11S. The van der Waals surface area contributed by atoms with Crippen LogP contribution in [0.25, 0.3) is 11.3 Å². The molecule has 3 heterocycles. The molecule has 4 rings (SSSR count). The van der Waals surface area contributed by atoms with Crippen molar-refractivity contribution in [1.82, 2.24) is 25.8 Å². The van der Waals surface area contributed by atoms with Gasteiger partial charge >= 0.3 is 23.5 Å². The maximum Gasteiger partial charge on any atom is 0.344 e. The molecule has 0 aliphatic carbocycles. The Balaban J connectivity index is 0.00000169. The maximum atomic E-state index is 13.3. The molecule has 0 spiro atoms.